The van der Waals surface area contributed by atoms with Crippen molar-refractivity contribution in [1.82, 2.24) is 14.9 Å². The second kappa shape index (κ2) is 5.38. The SMILES string of the molecule is CCc1nnsc1C(NC)c1ccccc1C. The summed E-state index contributed by atoms with van der Waals surface area (Å²) in [5.74, 6) is 0. The number of aromatic nitrogens is 2. The largest absolute Gasteiger partial charge is 0.309 e. The lowest BCUT2D eigenvalue weighted by atomic mass is 9.99. The highest BCUT2D eigenvalue weighted by atomic mass is 32.1. The van der Waals surface area contributed by atoms with Crippen LogP contribution >= 0.6 is 11.5 Å². The summed E-state index contributed by atoms with van der Waals surface area (Å²) in [6.07, 6.45) is 0.926. The lowest BCUT2D eigenvalue weighted by Gasteiger charge is -2.17. The predicted octanol–water partition coefficient (Wildman–Crippen LogP) is 2.72. The molecule has 0 amide bonds. The van der Waals surface area contributed by atoms with Gasteiger partial charge in [0.2, 0.25) is 0 Å². The molecule has 4 heteroatoms. The normalized spacial score (nSPS) is 12.6. The summed E-state index contributed by atoms with van der Waals surface area (Å²) in [7, 11) is 1.98. The monoisotopic (exact) mass is 247 g/mol. The third kappa shape index (κ3) is 2.37. The Bertz CT molecular complexity index is 493. The van der Waals surface area contributed by atoms with Gasteiger partial charge in [0.25, 0.3) is 0 Å². The molecule has 1 aromatic heterocycles. The van der Waals surface area contributed by atoms with Crippen molar-refractivity contribution < 1.29 is 0 Å². The van der Waals surface area contributed by atoms with E-state index in [2.05, 4.69) is 53.0 Å². The van der Waals surface area contributed by atoms with Crippen LogP contribution in [0.3, 0.4) is 0 Å². The van der Waals surface area contributed by atoms with Gasteiger partial charge in [-0.2, -0.15) is 0 Å². The van der Waals surface area contributed by atoms with Crippen molar-refractivity contribution in [2.45, 2.75) is 26.3 Å². The summed E-state index contributed by atoms with van der Waals surface area (Å²) >= 11 is 1.49. The molecule has 0 fully saturated rings. The zero-order chi connectivity index (χ0) is 12.3. The number of benzene rings is 1. The summed E-state index contributed by atoms with van der Waals surface area (Å²) < 4.78 is 4.07. The van der Waals surface area contributed by atoms with E-state index in [1.165, 1.54) is 27.5 Å². The van der Waals surface area contributed by atoms with Crippen molar-refractivity contribution in [2.75, 3.05) is 7.05 Å². The van der Waals surface area contributed by atoms with Gasteiger partial charge in [-0.15, -0.1) is 5.10 Å². The van der Waals surface area contributed by atoms with Crippen molar-refractivity contribution >= 4 is 11.5 Å². The minimum Gasteiger partial charge on any atom is -0.309 e. The zero-order valence-electron chi connectivity index (χ0n) is 10.4. The first-order chi connectivity index (χ1) is 8.27. The summed E-state index contributed by atoms with van der Waals surface area (Å²) in [5, 5.41) is 7.55. The van der Waals surface area contributed by atoms with Gasteiger partial charge in [0.15, 0.2) is 0 Å². The minimum absolute atomic E-state index is 0.200. The van der Waals surface area contributed by atoms with E-state index < -0.39 is 0 Å². The maximum absolute atomic E-state index is 4.19. The van der Waals surface area contributed by atoms with Crippen molar-refractivity contribution in [3.05, 3.63) is 46.0 Å². The smallest absolute Gasteiger partial charge is 0.0804 e. The number of hydrogen-bond acceptors (Lipinski definition) is 4. The van der Waals surface area contributed by atoms with Gasteiger partial charge >= 0.3 is 0 Å². The Morgan fingerprint density at radius 2 is 2.12 bits per heavy atom. The van der Waals surface area contributed by atoms with Crippen molar-refractivity contribution in [2.24, 2.45) is 0 Å². The van der Waals surface area contributed by atoms with Crippen molar-refractivity contribution in [3.63, 3.8) is 0 Å². The molecule has 0 aliphatic carbocycles. The van der Waals surface area contributed by atoms with Gasteiger partial charge in [-0.05, 0) is 43.1 Å². The third-order valence-corrected chi connectivity index (χ3v) is 3.80. The Balaban J connectivity index is 2.44. The molecule has 1 heterocycles. The van der Waals surface area contributed by atoms with E-state index >= 15 is 0 Å². The molecule has 2 aromatic rings. The van der Waals surface area contributed by atoms with Gasteiger partial charge in [0.05, 0.1) is 16.6 Å². The van der Waals surface area contributed by atoms with Crippen LogP contribution in [0.4, 0.5) is 0 Å². The van der Waals surface area contributed by atoms with Gasteiger partial charge in [0, 0.05) is 0 Å². The second-order valence-corrected chi connectivity index (χ2v) is 4.80. The van der Waals surface area contributed by atoms with Crippen LogP contribution in [0.15, 0.2) is 24.3 Å². The second-order valence-electron chi connectivity index (χ2n) is 4.02. The summed E-state index contributed by atoms with van der Waals surface area (Å²) in [6, 6.07) is 8.64. The van der Waals surface area contributed by atoms with E-state index in [-0.39, 0.29) is 6.04 Å². The molecular weight excluding hydrogens is 230 g/mol. The predicted molar refractivity (Wildman–Crippen MR) is 71.4 cm³/mol. The lowest BCUT2D eigenvalue weighted by Crippen LogP contribution is -2.18. The molecule has 0 saturated carbocycles. The Morgan fingerprint density at radius 3 is 2.76 bits per heavy atom. The molecule has 0 aliphatic rings. The molecule has 1 N–H and O–H groups in total. The maximum atomic E-state index is 4.19. The molecule has 1 aromatic carbocycles. The van der Waals surface area contributed by atoms with Gasteiger partial charge in [-0.3, -0.25) is 0 Å². The molecular formula is C13H17N3S. The zero-order valence-corrected chi connectivity index (χ0v) is 11.2. The van der Waals surface area contributed by atoms with Crippen LogP contribution in [-0.4, -0.2) is 16.6 Å². The van der Waals surface area contributed by atoms with Crippen LogP contribution in [0.5, 0.6) is 0 Å². The fraction of sp³-hybridized carbons (Fsp3) is 0.385. The molecule has 1 unspecified atom stereocenters. The van der Waals surface area contributed by atoms with E-state index in [0.717, 1.165) is 12.1 Å². The molecule has 90 valence electrons. The van der Waals surface area contributed by atoms with Crippen LogP contribution < -0.4 is 5.32 Å². The Labute approximate surface area is 106 Å². The topological polar surface area (TPSA) is 37.8 Å². The fourth-order valence-corrected chi connectivity index (χ4v) is 2.89. The van der Waals surface area contributed by atoms with E-state index in [4.69, 9.17) is 0 Å². The molecule has 0 radical (unpaired) electrons. The molecule has 0 bridgehead atoms. The number of nitrogens with zero attached hydrogens (tertiary/aromatic N) is 2. The van der Waals surface area contributed by atoms with Crippen LogP contribution in [0.25, 0.3) is 0 Å². The van der Waals surface area contributed by atoms with Crippen molar-refractivity contribution in [3.8, 4) is 0 Å². The van der Waals surface area contributed by atoms with Gasteiger partial charge in [0.1, 0.15) is 0 Å². The minimum atomic E-state index is 0.200. The molecule has 17 heavy (non-hydrogen) atoms. The van der Waals surface area contributed by atoms with E-state index in [1.54, 1.807) is 0 Å². The number of hydrogen-bond donors (Lipinski definition) is 1. The quantitative estimate of drug-likeness (QED) is 0.902. The average Bonchev–Trinajstić information content (AvgIpc) is 2.81. The number of nitrogens with one attached hydrogen (secondary N) is 1. The van der Waals surface area contributed by atoms with Gasteiger partial charge in [-0.25, -0.2) is 0 Å². The van der Waals surface area contributed by atoms with Crippen LogP contribution in [0, 0.1) is 6.92 Å². The van der Waals surface area contributed by atoms with E-state index in [0.29, 0.717) is 0 Å². The molecule has 1 atom stereocenters. The lowest BCUT2D eigenvalue weighted by molar-refractivity contribution is 0.689. The summed E-state index contributed by atoms with van der Waals surface area (Å²) in [6.45, 7) is 4.25. The first-order valence-corrected chi connectivity index (χ1v) is 6.59. The Hall–Kier alpha value is -1.26. The number of aryl methyl sites for hydroxylation is 2. The first kappa shape index (κ1) is 12.2. The summed E-state index contributed by atoms with van der Waals surface area (Å²) in [5.41, 5.74) is 3.69. The Kier molecular flexibility index (Phi) is 3.86. The van der Waals surface area contributed by atoms with Gasteiger partial charge < -0.3 is 5.32 Å². The van der Waals surface area contributed by atoms with Crippen LogP contribution in [-0.2, 0) is 6.42 Å². The summed E-state index contributed by atoms with van der Waals surface area (Å²) in [4.78, 5) is 1.23. The molecule has 0 spiro atoms. The van der Waals surface area contributed by atoms with Crippen molar-refractivity contribution in [1.29, 1.82) is 0 Å². The van der Waals surface area contributed by atoms with Gasteiger partial charge in [-0.1, -0.05) is 35.7 Å². The van der Waals surface area contributed by atoms with Crippen LogP contribution in [0.2, 0.25) is 0 Å². The highest BCUT2D eigenvalue weighted by molar-refractivity contribution is 7.05. The number of rotatable bonds is 4. The van der Waals surface area contributed by atoms with Crippen LogP contribution in [0.1, 0.15) is 34.7 Å². The Morgan fingerprint density at radius 1 is 1.35 bits per heavy atom. The van der Waals surface area contributed by atoms with E-state index in [1.807, 2.05) is 7.05 Å². The average molecular weight is 247 g/mol. The highest BCUT2D eigenvalue weighted by Gasteiger charge is 2.19. The fourth-order valence-electron chi connectivity index (χ4n) is 2.02. The standard InChI is InChI=1S/C13H17N3S/c1-4-11-13(17-16-15-11)12(14-3)10-8-6-5-7-9(10)2/h5-8,12,14H,4H2,1-3H3. The third-order valence-electron chi connectivity index (χ3n) is 2.97. The maximum Gasteiger partial charge on any atom is 0.0804 e. The highest BCUT2D eigenvalue weighted by Crippen LogP contribution is 2.28. The molecule has 3 nitrogen and oxygen atoms in total. The molecule has 0 saturated heterocycles. The molecule has 2 rings (SSSR count). The first-order valence-electron chi connectivity index (χ1n) is 5.81. The van der Waals surface area contributed by atoms with E-state index in [9.17, 15) is 0 Å². The molecule has 0 aliphatic heterocycles.